The molecule has 20 heavy (non-hydrogen) atoms. The third kappa shape index (κ3) is 3.71. The Kier molecular flexibility index (Phi) is 5.04. The molecule has 3 nitrogen and oxygen atoms in total. The summed E-state index contributed by atoms with van der Waals surface area (Å²) in [7, 11) is 0. The first-order valence-corrected chi connectivity index (χ1v) is 7.71. The average molecular weight is 307 g/mol. The lowest BCUT2D eigenvalue weighted by molar-refractivity contribution is -0.141. The van der Waals surface area contributed by atoms with Gasteiger partial charge in [-0.3, -0.25) is 4.90 Å². The Morgan fingerprint density at radius 3 is 2.75 bits per heavy atom. The molecule has 1 aromatic rings. The summed E-state index contributed by atoms with van der Waals surface area (Å²) in [6, 6.07) is 0.332. The predicted molar refractivity (Wildman–Crippen MR) is 73.8 cm³/mol. The molecule has 1 saturated heterocycles. The standard InChI is InChI=1S/C13H20F3N3S/c1-3-6-19(10-4-5-17-7-10)8-11-12(13(14,15)16)18-9(2)20-11/h10,17H,3-8H2,1-2H3. The van der Waals surface area contributed by atoms with Gasteiger partial charge in [-0.1, -0.05) is 6.92 Å². The van der Waals surface area contributed by atoms with E-state index >= 15 is 0 Å². The van der Waals surface area contributed by atoms with Gasteiger partial charge in [-0.15, -0.1) is 11.3 Å². The first kappa shape index (κ1) is 15.7. The van der Waals surface area contributed by atoms with E-state index in [1.54, 1.807) is 6.92 Å². The lowest BCUT2D eigenvalue weighted by Gasteiger charge is -2.27. The van der Waals surface area contributed by atoms with Crippen molar-refractivity contribution in [1.82, 2.24) is 15.2 Å². The monoisotopic (exact) mass is 307 g/mol. The first-order valence-electron chi connectivity index (χ1n) is 6.90. The van der Waals surface area contributed by atoms with Crippen molar-refractivity contribution in [3.8, 4) is 0 Å². The molecule has 1 unspecified atom stereocenters. The third-order valence-electron chi connectivity index (χ3n) is 3.48. The highest BCUT2D eigenvalue weighted by atomic mass is 32.1. The Hall–Kier alpha value is -0.660. The van der Waals surface area contributed by atoms with Gasteiger partial charge in [0.25, 0.3) is 0 Å². The van der Waals surface area contributed by atoms with Crippen LogP contribution < -0.4 is 5.32 Å². The molecule has 0 spiro atoms. The molecule has 1 aliphatic rings. The molecule has 0 radical (unpaired) electrons. The van der Waals surface area contributed by atoms with Crippen LogP contribution >= 0.6 is 11.3 Å². The van der Waals surface area contributed by atoms with E-state index in [1.165, 1.54) is 0 Å². The van der Waals surface area contributed by atoms with Gasteiger partial charge in [-0.05, 0) is 32.9 Å². The molecule has 2 rings (SSSR count). The van der Waals surface area contributed by atoms with Gasteiger partial charge in [0.2, 0.25) is 0 Å². The lowest BCUT2D eigenvalue weighted by atomic mass is 10.2. The fourth-order valence-electron chi connectivity index (χ4n) is 2.61. The number of halogens is 3. The molecule has 114 valence electrons. The molecule has 0 amide bonds. The first-order chi connectivity index (χ1) is 9.41. The second kappa shape index (κ2) is 6.41. The van der Waals surface area contributed by atoms with Crippen LogP contribution in [0.3, 0.4) is 0 Å². The highest BCUT2D eigenvalue weighted by Crippen LogP contribution is 2.35. The van der Waals surface area contributed by atoms with E-state index in [2.05, 4.69) is 22.1 Å². The van der Waals surface area contributed by atoms with Gasteiger partial charge >= 0.3 is 6.18 Å². The maximum Gasteiger partial charge on any atom is 0.434 e. The number of aryl methyl sites for hydroxylation is 1. The SMILES string of the molecule is CCCN(Cc1sc(C)nc1C(F)(F)F)C1CCNC1. The summed E-state index contributed by atoms with van der Waals surface area (Å²) < 4.78 is 39.0. The molecule has 0 bridgehead atoms. The fourth-order valence-corrected chi connectivity index (χ4v) is 3.59. The van der Waals surface area contributed by atoms with Crippen LogP contribution in [0.25, 0.3) is 0 Å². The number of nitrogens with one attached hydrogen (secondary N) is 1. The smallest absolute Gasteiger partial charge is 0.315 e. The average Bonchev–Trinajstić information content (AvgIpc) is 2.96. The molecule has 1 aromatic heterocycles. The molecule has 0 saturated carbocycles. The highest BCUT2D eigenvalue weighted by Gasteiger charge is 2.37. The number of hydrogen-bond donors (Lipinski definition) is 1. The number of alkyl halides is 3. The molecule has 2 heterocycles. The van der Waals surface area contributed by atoms with Crippen LogP contribution in [-0.4, -0.2) is 35.6 Å². The fraction of sp³-hybridized carbons (Fsp3) is 0.769. The minimum absolute atomic E-state index is 0.332. The second-order valence-electron chi connectivity index (χ2n) is 5.12. The van der Waals surface area contributed by atoms with E-state index in [0.29, 0.717) is 22.5 Å². The summed E-state index contributed by atoms with van der Waals surface area (Å²) in [6.45, 7) is 6.65. The largest absolute Gasteiger partial charge is 0.434 e. The van der Waals surface area contributed by atoms with E-state index in [-0.39, 0.29) is 0 Å². The van der Waals surface area contributed by atoms with Crippen molar-refractivity contribution in [2.75, 3.05) is 19.6 Å². The van der Waals surface area contributed by atoms with E-state index in [4.69, 9.17) is 0 Å². The molecular weight excluding hydrogens is 287 g/mol. The van der Waals surface area contributed by atoms with Crippen molar-refractivity contribution in [3.63, 3.8) is 0 Å². The molecule has 1 atom stereocenters. The van der Waals surface area contributed by atoms with Crippen molar-refractivity contribution in [2.45, 2.75) is 45.5 Å². The quantitative estimate of drug-likeness (QED) is 0.906. The van der Waals surface area contributed by atoms with Crippen LogP contribution in [0.1, 0.15) is 35.3 Å². The van der Waals surface area contributed by atoms with Crippen LogP contribution in [0, 0.1) is 6.92 Å². The summed E-state index contributed by atoms with van der Waals surface area (Å²) in [5.74, 6) is 0. The number of rotatable bonds is 5. The topological polar surface area (TPSA) is 28.2 Å². The van der Waals surface area contributed by atoms with Crippen LogP contribution in [0.4, 0.5) is 13.2 Å². The zero-order valence-corrected chi connectivity index (χ0v) is 12.6. The molecule has 0 aliphatic carbocycles. The minimum Gasteiger partial charge on any atom is -0.315 e. The maximum absolute atomic E-state index is 13.0. The van der Waals surface area contributed by atoms with E-state index in [9.17, 15) is 13.2 Å². The van der Waals surface area contributed by atoms with Gasteiger partial charge in [0.15, 0.2) is 5.69 Å². The Balaban J connectivity index is 2.17. The number of aromatic nitrogens is 1. The van der Waals surface area contributed by atoms with E-state index in [0.717, 1.165) is 43.8 Å². The number of nitrogens with zero attached hydrogens (tertiary/aromatic N) is 2. The van der Waals surface area contributed by atoms with Crippen molar-refractivity contribution >= 4 is 11.3 Å². The molecule has 0 aromatic carbocycles. The van der Waals surface area contributed by atoms with Crippen molar-refractivity contribution < 1.29 is 13.2 Å². The summed E-state index contributed by atoms with van der Waals surface area (Å²) >= 11 is 1.16. The van der Waals surface area contributed by atoms with Gasteiger partial charge in [-0.25, -0.2) is 4.98 Å². The van der Waals surface area contributed by atoms with Crippen LogP contribution in [0.15, 0.2) is 0 Å². The van der Waals surface area contributed by atoms with Crippen molar-refractivity contribution in [1.29, 1.82) is 0 Å². The third-order valence-corrected chi connectivity index (χ3v) is 4.44. The Morgan fingerprint density at radius 2 is 2.20 bits per heavy atom. The molecule has 1 fully saturated rings. The molecule has 1 aliphatic heterocycles. The van der Waals surface area contributed by atoms with Gasteiger partial charge in [0, 0.05) is 19.1 Å². The zero-order valence-electron chi connectivity index (χ0n) is 11.8. The van der Waals surface area contributed by atoms with Crippen LogP contribution in [0.5, 0.6) is 0 Å². The number of thiazole rings is 1. The Morgan fingerprint density at radius 1 is 1.45 bits per heavy atom. The van der Waals surface area contributed by atoms with Gasteiger partial charge in [0.05, 0.1) is 9.88 Å². The summed E-state index contributed by atoms with van der Waals surface area (Å²) in [5, 5.41) is 3.75. The molecule has 7 heteroatoms. The van der Waals surface area contributed by atoms with E-state index < -0.39 is 11.9 Å². The predicted octanol–water partition coefficient (Wildman–Crippen LogP) is 3.04. The summed E-state index contributed by atoms with van der Waals surface area (Å²) in [5.41, 5.74) is -0.702. The van der Waals surface area contributed by atoms with Crippen molar-refractivity contribution in [3.05, 3.63) is 15.6 Å². The molecule has 1 N–H and O–H groups in total. The summed E-state index contributed by atoms with van der Waals surface area (Å²) in [6.07, 6.45) is -2.42. The van der Waals surface area contributed by atoms with E-state index in [1.807, 2.05) is 0 Å². The maximum atomic E-state index is 13.0. The van der Waals surface area contributed by atoms with Gasteiger partial charge in [0.1, 0.15) is 0 Å². The zero-order chi connectivity index (χ0) is 14.8. The lowest BCUT2D eigenvalue weighted by Crippen LogP contribution is -2.37. The van der Waals surface area contributed by atoms with Crippen LogP contribution in [-0.2, 0) is 12.7 Å². The second-order valence-corrected chi connectivity index (χ2v) is 6.41. The van der Waals surface area contributed by atoms with Gasteiger partial charge in [-0.2, -0.15) is 13.2 Å². The Labute approximate surface area is 121 Å². The number of hydrogen-bond acceptors (Lipinski definition) is 4. The minimum atomic E-state index is -4.36. The normalized spacial score (nSPS) is 20.0. The Bertz CT molecular complexity index is 439. The summed E-state index contributed by atoms with van der Waals surface area (Å²) in [4.78, 5) is 6.17. The van der Waals surface area contributed by atoms with Crippen LogP contribution in [0.2, 0.25) is 0 Å². The van der Waals surface area contributed by atoms with Crippen molar-refractivity contribution in [2.24, 2.45) is 0 Å². The highest BCUT2D eigenvalue weighted by molar-refractivity contribution is 7.11. The molecular formula is C13H20F3N3S. The van der Waals surface area contributed by atoms with Gasteiger partial charge < -0.3 is 5.32 Å².